The Morgan fingerprint density at radius 1 is 1.24 bits per heavy atom. The molecule has 0 aliphatic rings. The van der Waals surface area contributed by atoms with E-state index in [0.29, 0.717) is 21.8 Å². The minimum absolute atomic E-state index is 0.156. The quantitative estimate of drug-likeness (QED) is 0.653. The maximum absolute atomic E-state index is 12.0. The van der Waals surface area contributed by atoms with Crippen molar-refractivity contribution < 1.29 is 13.9 Å². The second-order valence-corrected chi connectivity index (χ2v) is 6.31. The normalized spacial score (nSPS) is 10.5. The fraction of sp³-hybridized carbons (Fsp3) is 0.118. The van der Waals surface area contributed by atoms with Gasteiger partial charge >= 0.3 is 0 Å². The van der Waals surface area contributed by atoms with E-state index in [1.165, 1.54) is 11.8 Å². The van der Waals surface area contributed by atoms with Gasteiger partial charge in [-0.15, -0.1) is 10.2 Å². The van der Waals surface area contributed by atoms with E-state index >= 15 is 0 Å². The molecule has 0 radical (unpaired) electrons. The lowest BCUT2D eigenvalue weighted by Gasteiger charge is -2.05. The molecule has 0 saturated carbocycles. The van der Waals surface area contributed by atoms with Gasteiger partial charge in [-0.1, -0.05) is 29.4 Å². The van der Waals surface area contributed by atoms with E-state index in [1.807, 2.05) is 6.07 Å². The average Bonchev–Trinajstić information content (AvgIpc) is 3.10. The molecule has 0 saturated heterocycles. The number of aromatic nitrogens is 2. The summed E-state index contributed by atoms with van der Waals surface area (Å²) in [7, 11) is 1.59. The van der Waals surface area contributed by atoms with Crippen molar-refractivity contribution in [1.29, 1.82) is 0 Å². The number of benzene rings is 2. The molecule has 0 fully saturated rings. The van der Waals surface area contributed by atoms with E-state index < -0.39 is 0 Å². The standard InChI is InChI=1S/C17H14ClN3O3S/c1-23-14-7-5-13(6-8-14)19-15(22)10-25-17-21-20-16(24-17)11-3-2-4-12(18)9-11/h2-9H,10H2,1H3,(H,19,22). The topological polar surface area (TPSA) is 77.2 Å². The summed E-state index contributed by atoms with van der Waals surface area (Å²) < 4.78 is 10.6. The highest BCUT2D eigenvalue weighted by atomic mass is 35.5. The lowest BCUT2D eigenvalue weighted by Crippen LogP contribution is -2.13. The van der Waals surface area contributed by atoms with Gasteiger partial charge in [0.05, 0.1) is 12.9 Å². The van der Waals surface area contributed by atoms with Crippen molar-refractivity contribution in [2.45, 2.75) is 5.22 Å². The molecule has 25 heavy (non-hydrogen) atoms. The Labute approximate surface area is 153 Å². The molecular formula is C17H14ClN3O3S. The molecule has 0 aliphatic heterocycles. The highest BCUT2D eigenvalue weighted by Crippen LogP contribution is 2.25. The Morgan fingerprint density at radius 3 is 2.76 bits per heavy atom. The highest BCUT2D eigenvalue weighted by Gasteiger charge is 2.11. The zero-order chi connectivity index (χ0) is 17.6. The van der Waals surface area contributed by atoms with Gasteiger partial charge in [0, 0.05) is 16.3 Å². The van der Waals surface area contributed by atoms with E-state index in [-0.39, 0.29) is 11.7 Å². The molecule has 6 nitrogen and oxygen atoms in total. The molecule has 0 aliphatic carbocycles. The fourth-order valence-corrected chi connectivity index (χ4v) is 2.76. The zero-order valence-corrected chi connectivity index (χ0v) is 14.8. The van der Waals surface area contributed by atoms with Gasteiger partial charge in [0.1, 0.15) is 5.75 Å². The van der Waals surface area contributed by atoms with Crippen molar-refractivity contribution in [1.82, 2.24) is 10.2 Å². The minimum atomic E-state index is -0.169. The van der Waals surface area contributed by atoms with Gasteiger partial charge in [-0.3, -0.25) is 4.79 Å². The maximum atomic E-state index is 12.0. The van der Waals surface area contributed by atoms with Crippen LogP contribution in [0.1, 0.15) is 0 Å². The summed E-state index contributed by atoms with van der Waals surface area (Å²) in [5.41, 5.74) is 1.42. The Kier molecular flexibility index (Phi) is 5.57. The molecule has 8 heteroatoms. The van der Waals surface area contributed by atoms with Crippen molar-refractivity contribution in [3.05, 3.63) is 53.6 Å². The average molecular weight is 376 g/mol. The molecule has 1 N–H and O–H groups in total. The second-order valence-electron chi connectivity index (χ2n) is 4.95. The summed E-state index contributed by atoms with van der Waals surface area (Å²) in [4.78, 5) is 12.0. The summed E-state index contributed by atoms with van der Waals surface area (Å²) >= 11 is 7.11. The van der Waals surface area contributed by atoms with Crippen molar-refractivity contribution in [2.75, 3.05) is 18.2 Å². The summed E-state index contributed by atoms with van der Waals surface area (Å²) in [6.07, 6.45) is 0. The molecule has 1 heterocycles. The molecule has 1 aromatic heterocycles. The Balaban J connectivity index is 1.55. The maximum Gasteiger partial charge on any atom is 0.277 e. The fourth-order valence-electron chi connectivity index (χ4n) is 2.00. The first-order valence-corrected chi connectivity index (χ1v) is 8.66. The number of carbonyl (C=O) groups is 1. The number of rotatable bonds is 6. The van der Waals surface area contributed by atoms with Crippen molar-refractivity contribution >= 4 is 35.0 Å². The van der Waals surface area contributed by atoms with Crippen LogP contribution in [0.5, 0.6) is 5.75 Å². The molecular weight excluding hydrogens is 362 g/mol. The summed E-state index contributed by atoms with van der Waals surface area (Å²) in [6.45, 7) is 0. The number of nitrogens with zero attached hydrogens (tertiary/aromatic N) is 2. The monoisotopic (exact) mass is 375 g/mol. The highest BCUT2D eigenvalue weighted by molar-refractivity contribution is 7.99. The minimum Gasteiger partial charge on any atom is -0.497 e. The third kappa shape index (κ3) is 4.74. The third-order valence-corrected chi connectivity index (χ3v) is 4.23. The van der Waals surface area contributed by atoms with Crippen molar-refractivity contribution in [3.8, 4) is 17.2 Å². The van der Waals surface area contributed by atoms with Crippen LogP contribution in [0.3, 0.4) is 0 Å². The first-order valence-electron chi connectivity index (χ1n) is 7.30. The lowest BCUT2D eigenvalue weighted by atomic mass is 10.2. The van der Waals surface area contributed by atoms with E-state index in [2.05, 4.69) is 15.5 Å². The summed E-state index contributed by atoms with van der Waals surface area (Å²) in [5, 5.41) is 11.6. The molecule has 3 aromatic rings. The van der Waals surface area contributed by atoms with Crippen LogP contribution < -0.4 is 10.1 Å². The lowest BCUT2D eigenvalue weighted by molar-refractivity contribution is -0.113. The van der Waals surface area contributed by atoms with Crippen LogP contribution in [0, 0.1) is 0 Å². The number of hydrogen-bond donors (Lipinski definition) is 1. The van der Waals surface area contributed by atoms with Gasteiger partial charge < -0.3 is 14.5 Å². The van der Waals surface area contributed by atoms with Gasteiger partial charge in [-0.2, -0.15) is 0 Å². The molecule has 1 amide bonds. The van der Waals surface area contributed by atoms with Gasteiger partial charge in [-0.25, -0.2) is 0 Å². The van der Waals surface area contributed by atoms with E-state index in [0.717, 1.165) is 11.3 Å². The molecule has 0 atom stereocenters. The second kappa shape index (κ2) is 8.04. The molecule has 0 spiro atoms. The van der Waals surface area contributed by atoms with Crippen LogP contribution in [-0.2, 0) is 4.79 Å². The van der Waals surface area contributed by atoms with E-state index in [9.17, 15) is 4.79 Å². The molecule has 0 unspecified atom stereocenters. The molecule has 128 valence electrons. The van der Waals surface area contributed by atoms with Gasteiger partial charge in [0.15, 0.2) is 0 Å². The van der Waals surface area contributed by atoms with Gasteiger partial charge in [-0.05, 0) is 42.5 Å². The summed E-state index contributed by atoms with van der Waals surface area (Å²) in [5.74, 6) is 1.08. The van der Waals surface area contributed by atoms with Crippen LogP contribution in [0.25, 0.3) is 11.5 Å². The SMILES string of the molecule is COc1ccc(NC(=O)CSc2nnc(-c3cccc(Cl)c3)o2)cc1. The third-order valence-electron chi connectivity index (χ3n) is 3.18. The van der Waals surface area contributed by atoms with Crippen molar-refractivity contribution in [2.24, 2.45) is 0 Å². The van der Waals surface area contributed by atoms with E-state index in [4.69, 9.17) is 20.8 Å². The predicted molar refractivity (Wildman–Crippen MR) is 97.1 cm³/mol. The Hall–Kier alpha value is -2.51. The van der Waals surface area contributed by atoms with Crippen LogP contribution in [0.15, 0.2) is 58.2 Å². The number of amides is 1. The Morgan fingerprint density at radius 2 is 2.04 bits per heavy atom. The predicted octanol–water partition coefficient (Wildman–Crippen LogP) is 4.13. The van der Waals surface area contributed by atoms with Crippen LogP contribution in [0.4, 0.5) is 5.69 Å². The number of nitrogens with one attached hydrogen (secondary N) is 1. The van der Waals surface area contributed by atoms with Gasteiger partial charge in [0.25, 0.3) is 5.22 Å². The zero-order valence-electron chi connectivity index (χ0n) is 13.2. The smallest absolute Gasteiger partial charge is 0.277 e. The number of methoxy groups -OCH3 is 1. The number of ether oxygens (including phenoxy) is 1. The number of halogens is 1. The van der Waals surface area contributed by atoms with Crippen LogP contribution in [0.2, 0.25) is 5.02 Å². The number of thioether (sulfide) groups is 1. The number of anilines is 1. The Bertz CT molecular complexity index is 868. The van der Waals surface area contributed by atoms with Crippen LogP contribution >= 0.6 is 23.4 Å². The summed E-state index contributed by atoms with van der Waals surface area (Å²) in [6, 6.07) is 14.2. The number of carbonyl (C=O) groups excluding carboxylic acids is 1. The van der Waals surface area contributed by atoms with Crippen molar-refractivity contribution in [3.63, 3.8) is 0 Å². The van der Waals surface area contributed by atoms with E-state index in [1.54, 1.807) is 49.6 Å². The van der Waals surface area contributed by atoms with Crippen LogP contribution in [-0.4, -0.2) is 29.0 Å². The molecule has 0 bridgehead atoms. The molecule has 2 aromatic carbocycles. The first-order chi connectivity index (χ1) is 12.1. The largest absolute Gasteiger partial charge is 0.497 e. The van der Waals surface area contributed by atoms with Gasteiger partial charge in [0.2, 0.25) is 11.8 Å². The number of hydrogen-bond acceptors (Lipinski definition) is 6. The first kappa shape index (κ1) is 17.3. The molecule has 3 rings (SSSR count).